The Balaban J connectivity index is 3.02. The van der Waals surface area contributed by atoms with E-state index >= 15 is 0 Å². The predicted octanol–water partition coefficient (Wildman–Crippen LogP) is 3.44. The van der Waals surface area contributed by atoms with Crippen LogP contribution in [0.3, 0.4) is 0 Å². The van der Waals surface area contributed by atoms with Gasteiger partial charge in [-0.3, -0.25) is 4.79 Å². The SMILES string of the molecule is CC(=O)NCC(O)(C=Cc1ccc(Cl)c(Cl)c1)C(F)(F)F. The Hall–Kier alpha value is -1.24. The molecule has 1 aromatic carbocycles. The molecule has 1 amide bonds. The summed E-state index contributed by atoms with van der Waals surface area (Å²) in [5.41, 5.74) is -2.85. The van der Waals surface area contributed by atoms with Crippen molar-refractivity contribution < 1.29 is 23.1 Å². The maximum absolute atomic E-state index is 12.9. The fourth-order valence-electron chi connectivity index (χ4n) is 1.36. The normalized spacial score (nSPS) is 15.0. The molecule has 3 nitrogen and oxygen atoms in total. The van der Waals surface area contributed by atoms with Crippen LogP contribution in [0.25, 0.3) is 6.08 Å². The summed E-state index contributed by atoms with van der Waals surface area (Å²) in [5.74, 6) is -0.680. The highest BCUT2D eigenvalue weighted by molar-refractivity contribution is 6.42. The number of hydrogen-bond donors (Lipinski definition) is 2. The standard InChI is InChI=1S/C13H12Cl2F3NO2/c1-8(20)19-7-12(21,13(16,17)18)5-4-9-2-3-10(14)11(15)6-9/h2-6,21H,7H2,1H3,(H,19,20). The number of alkyl halides is 3. The monoisotopic (exact) mass is 341 g/mol. The van der Waals surface area contributed by atoms with E-state index in [1.54, 1.807) is 0 Å². The first-order valence-corrected chi connectivity index (χ1v) is 6.48. The highest BCUT2D eigenvalue weighted by atomic mass is 35.5. The zero-order chi connectivity index (χ0) is 16.3. The lowest BCUT2D eigenvalue weighted by atomic mass is 10.0. The molecule has 0 heterocycles. The molecule has 0 aliphatic carbocycles. The Morgan fingerprint density at radius 2 is 1.95 bits per heavy atom. The van der Waals surface area contributed by atoms with E-state index in [1.807, 2.05) is 5.32 Å². The number of nitrogens with one attached hydrogen (secondary N) is 1. The van der Waals surface area contributed by atoms with Crippen molar-refractivity contribution in [3.8, 4) is 0 Å². The molecule has 0 saturated carbocycles. The van der Waals surface area contributed by atoms with Gasteiger partial charge < -0.3 is 10.4 Å². The van der Waals surface area contributed by atoms with Gasteiger partial charge in [-0.15, -0.1) is 0 Å². The van der Waals surface area contributed by atoms with Gasteiger partial charge in [0.2, 0.25) is 5.91 Å². The van der Waals surface area contributed by atoms with Crippen molar-refractivity contribution in [2.75, 3.05) is 6.54 Å². The molecule has 1 atom stereocenters. The molecule has 0 aliphatic rings. The molecule has 0 radical (unpaired) electrons. The summed E-state index contributed by atoms with van der Waals surface area (Å²) in [4.78, 5) is 10.7. The van der Waals surface area contributed by atoms with Gasteiger partial charge in [0.15, 0.2) is 5.60 Å². The number of hydrogen-bond acceptors (Lipinski definition) is 2. The van der Waals surface area contributed by atoms with E-state index in [0.717, 1.165) is 13.0 Å². The van der Waals surface area contributed by atoms with Crippen LogP contribution >= 0.6 is 23.2 Å². The minimum absolute atomic E-state index is 0.177. The number of rotatable bonds is 4. The van der Waals surface area contributed by atoms with Gasteiger partial charge in [-0.2, -0.15) is 13.2 Å². The molecule has 0 fully saturated rings. The Kier molecular flexibility index (Phi) is 5.67. The van der Waals surface area contributed by atoms with Crippen LogP contribution in [-0.2, 0) is 4.79 Å². The lowest BCUT2D eigenvalue weighted by Crippen LogP contribution is -2.51. The van der Waals surface area contributed by atoms with Crippen LogP contribution in [0.5, 0.6) is 0 Å². The van der Waals surface area contributed by atoms with Gasteiger partial charge in [0, 0.05) is 6.92 Å². The molecule has 2 N–H and O–H groups in total. The van der Waals surface area contributed by atoms with Crippen molar-refractivity contribution in [3.63, 3.8) is 0 Å². The molecule has 0 aliphatic heterocycles. The van der Waals surface area contributed by atoms with Crippen molar-refractivity contribution in [2.24, 2.45) is 0 Å². The van der Waals surface area contributed by atoms with Gasteiger partial charge in [0.1, 0.15) is 0 Å². The Bertz CT molecular complexity index is 561. The molecule has 0 aromatic heterocycles. The summed E-state index contributed by atoms with van der Waals surface area (Å²) in [5, 5.41) is 12.1. The number of amides is 1. The number of benzene rings is 1. The molecule has 1 rings (SSSR count). The molecule has 21 heavy (non-hydrogen) atoms. The van der Waals surface area contributed by atoms with Gasteiger partial charge in [-0.05, 0) is 23.8 Å². The summed E-state index contributed by atoms with van der Waals surface area (Å²) < 4.78 is 38.7. The predicted molar refractivity (Wildman–Crippen MR) is 75.2 cm³/mol. The zero-order valence-corrected chi connectivity index (χ0v) is 12.4. The van der Waals surface area contributed by atoms with Gasteiger partial charge >= 0.3 is 6.18 Å². The topological polar surface area (TPSA) is 49.3 Å². The molecule has 8 heteroatoms. The first-order valence-electron chi connectivity index (χ1n) is 5.73. The average Bonchev–Trinajstić information content (AvgIpc) is 2.36. The van der Waals surface area contributed by atoms with E-state index in [-0.39, 0.29) is 10.0 Å². The first kappa shape index (κ1) is 17.8. The minimum Gasteiger partial charge on any atom is -0.375 e. The van der Waals surface area contributed by atoms with Crippen LogP contribution < -0.4 is 5.32 Å². The lowest BCUT2D eigenvalue weighted by Gasteiger charge is -2.27. The zero-order valence-electron chi connectivity index (χ0n) is 10.8. The van der Waals surface area contributed by atoms with E-state index in [1.165, 1.54) is 18.2 Å². The summed E-state index contributed by atoms with van der Waals surface area (Å²) in [6, 6.07) is 4.22. The fraction of sp³-hybridized carbons (Fsp3) is 0.308. The summed E-state index contributed by atoms with van der Waals surface area (Å²) in [6.07, 6.45) is -3.33. The Morgan fingerprint density at radius 1 is 1.33 bits per heavy atom. The second-order valence-corrected chi connectivity index (χ2v) is 5.15. The van der Waals surface area contributed by atoms with E-state index in [9.17, 15) is 23.1 Å². The Morgan fingerprint density at radius 3 is 2.43 bits per heavy atom. The summed E-state index contributed by atoms with van der Waals surface area (Å²) >= 11 is 11.4. The van der Waals surface area contributed by atoms with Gasteiger partial charge in [0.25, 0.3) is 0 Å². The molecule has 1 unspecified atom stereocenters. The highest BCUT2D eigenvalue weighted by Crippen LogP contribution is 2.32. The maximum Gasteiger partial charge on any atom is 0.422 e. The molecular weight excluding hydrogens is 330 g/mol. The second-order valence-electron chi connectivity index (χ2n) is 4.34. The van der Waals surface area contributed by atoms with Crippen LogP contribution in [0.15, 0.2) is 24.3 Å². The van der Waals surface area contributed by atoms with Crippen LogP contribution in [0.2, 0.25) is 10.0 Å². The highest BCUT2D eigenvalue weighted by Gasteiger charge is 2.51. The van der Waals surface area contributed by atoms with Gasteiger partial charge in [-0.1, -0.05) is 35.3 Å². The molecule has 1 aromatic rings. The summed E-state index contributed by atoms with van der Waals surface area (Å²) in [6.45, 7) is 0.0726. The molecule has 0 saturated heterocycles. The number of aliphatic hydroxyl groups is 1. The average molecular weight is 342 g/mol. The Labute approximate surface area is 129 Å². The molecular formula is C13H12Cl2F3NO2. The molecule has 0 bridgehead atoms. The molecule has 0 spiro atoms. The smallest absolute Gasteiger partial charge is 0.375 e. The number of carbonyl (C=O) groups excluding carboxylic acids is 1. The van der Waals surface area contributed by atoms with Gasteiger partial charge in [0.05, 0.1) is 16.6 Å². The van der Waals surface area contributed by atoms with Crippen molar-refractivity contribution in [1.82, 2.24) is 5.32 Å². The quantitative estimate of drug-likeness (QED) is 0.881. The van der Waals surface area contributed by atoms with Crippen LogP contribution in [0.1, 0.15) is 12.5 Å². The van der Waals surface area contributed by atoms with Crippen LogP contribution in [-0.4, -0.2) is 29.3 Å². The minimum atomic E-state index is -4.94. The first-order chi connectivity index (χ1) is 9.55. The van der Waals surface area contributed by atoms with E-state index in [0.29, 0.717) is 11.6 Å². The maximum atomic E-state index is 12.9. The number of halogens is 5. The number of carbonyl (C=O) groups is 1. The van der Waals surface area contributed by atoms with Crippen LogP contribution in [0.4, 0.5) is 13.2 Å². The third-order valence-electron chi connectivity index (χ3n) is 2.59. The second kappa shape index (κ2) is 6.68. The fourth-order valence-corrected chi connectivity index (χ4v) is 1.67. The van der Waals surface area contributed by atoms with E-state index in [2.05, 4.69) is 0 Å². The van der Waals surface area contributed by atoms with Crippen molar-refractivity contribution in [1.29, 1.82) is 0 Å². The van der Waals surface area contributed by atoms with Crippen molar-refractivity contribution >= 4 is 35.2 Å². The summed E-state index contributed by atoms with van der Waals surface area (Å²) in [7, 11) is 0. The third-order valence-corrected chi connectivity index (χ3v) is 3.33. The van der Waals surface area contributed by atoms with E-state index < -0.39 is 24.2 Å². The molecule has 116 valence electrons. The van der Waals surface area contributed by atoms with E-state index in [4.69, 9.17) is 23.2 Å². The largest absolute Gasteiger partial charge is 0.422 e. The van der Waals surface area contributed by atoms with Crippen molar-refractivity contribution in [2.45, 2.75) is 18.7 Å². The lowest BCUT2D eigenvalue weighted by molar-refractivity contribution is -0.236. The van der Waals surface area contributed by atoms with Crippen LogP contribution in [0, 0.1) is 0 Å². The van der Waals surface area contributed by atoms with Gasteiger partial charge in [-0.25, -0.2) is 0 Å². The third kappa shape index (κ3) is 4.91. The van der Waals surface area contributed by atoms with Crippen molar-refractivity contribution in [3.05, 3.63) is 39.9 Å².